The Morgan fingerprint density at radius 2 is 2.13 bits per heavy atom. The highest BCUT2D eigenvalue weighted by Crippen LogP contribution is 2.15. The number of halogens is 2. The van der Waals surface area contributed by atoms with Gasteiger partial charge >= 0.3 is 0 Å². The average molecular weight is 211 g/mol. The topological polar surface area (TPSA) is 50.9 Å². The van der Waals surface area contributed by atoms with E-state index in [2.05, 4.69) is 10.2 Å². The van der Waals surface area contributed by atoms with E-state index in [1.54, 1.807) is 0 Å². The van der Waals surface area contributed by atoms with Crippen LogP contribution in [-0.2, 0) is 6.61 Å². The highest BCUT2D eigenvalue weighted by atomic mass is 19.1. The second-order valence-corrected chi connectivity index (χ2v) is 2.87. The number of nitrogens with zero attached hydrogens (tertiary/aromatic N) is 3. The van der Waals surface area contributed by atoms with Crippen LogP contribution in [0.4, 0.5) is 8.78 Å². The Morgan fingerprint density at radius 1 is 1.33 bits per heavy atom. The summed E-state index contributed by atoms with van der Waals surface area (Å²) in [6, 6.07) is 3.14. The Labute approximate surface area is 83.8 Å². The Morgan fingerprint density at radius 3 is 2.80 bits per heavy atom. The van der Waals surface area contributed by atoms with Gasteiger partial charge in [-0.05, 0) is 12.1 Å². The second-order valence-electron chi connectivity index (χ2n) is 2.87. The average Bonchev–Trinajstić information content (AvgIpc) is 2.65. The first-order valence-electron chi connectivity index (χ1n) is 4.17. The van der Waals surface area contributed by atoms with Crippen LogP contribution in [0.5, 0.6) is 0 Å². The normalized spacial score (nSPS) is 10.6. The van der Waals surface area contributed by atoms with Gasteiger partial charge in [0.15, 0.2) is 5.82 Å². The van der Waals surface area contributed by atoms with E-state index in [0.29, 0.717) is 0 Å². The summed E-state index contributed by atoms with van der Waals surface area (Å²) in [5.41, 5.74) is 0.102. The zero-order chi connectivity index (χ0) is 10.8. The summed E-state index contributed by atoms with van der Waals surface area (Å²) >= 11 is 0. The first-order chi connectivity index (χ1) is 7.22. The van der Waals surface area contributed by atoms with Crippen LogP contribution in [0.15, 0.2) is 24.5 Å². The minimum Gasteiger partial charge on any atom is -0.388 e. The van der Waals surface area contributed by atoms with E-state index in [-0.39, 0.29) is 18.1 Å². The molecule has 1 N–H and O–H groups in total. The van der Waals surface area contributed by atoms with E-state index in [1.807, 2.05) is 0 Å². The first-order valence-corrected chi connectivity index (χ1v) is 4.17. The molecule has 0 aliphatic rings. The molecule has 0 atom stereocenters. The van der Waals surface area contributed by atoms with E-state index >= 15 is 0 Å². The number of aliphatic hydroxyl groups excluding tert-OH is 1. The van der Waals surface area contributed by atoms with Gasteiger partial charge in [-0.25, -0.2) is 8.78 Å². The maximum absolute atomic E-state index is 13.3. The van der Waals surface area contributed by atoms with Crippen molar-refractivity contribution in [2.45, 2.75) is 6.61 Å². The number of rotatable bonds is 2. The largest absolute Gasteiger partial charge is 0.388 e. The number of hydrogen-bond donors (Lipinski definition) is 1. The molecule has 15 heavy (non-hydrogen) atoms. The summed E-state index contributed by atoms with van der Waals surface area (Å²) in [4.78, 5) is 0. The fourth-order valence-corrected chi connectivity index (χ4v) is 1.24. The Balaban J connectivity index is 2.54. The molecule has 2 aromatic rings. The lowest BCUT2D eigenvalue weighted by Crippen LogP contribution is -2.02. The summed E-state index contributed by atoms with van der Waals surface area (Å²) in [6.07, 6.45) is 1.25. The highest BCUT2D eigenvalue weighted by Gasteiger charge is 2.10. The predicted molar refractivity (Wildman–Crippen MR) is 47.2 cm³/mol. The van der Waals surface area contributed by atoms with Crippen molar-refractivity contribution >= 4 is 0 Å². The van der Waals surface area contributed by atoms with Crippen molar-refractivity contribution in [1.29, 1.82) is 0 Å². The molecule has 0 aliphatic carbocycles. The Bertz CT molecular complexity index is 484. The van der Waals surface area contributed by atoms with Gasteiger partial charge in [-0.15, -0.1) is 10.2 Å². The summed E-state index contributed by atoms with van der Waals surface area (Å²) in [5.74, 6) is -1.19. The van der Waals surface area contributed by atoms with Crippen molar-refractivity contribution in [3.05, 3.63) is 42.0 Å². The molecule has 0 saturated carbocycles. The SMILES string of the molecule is OCc1nncn1-c1ccc(F)cc1F. The van der Waals surface area contributed by atoms with Crippen molar-refractivity contribution in [2.75, 3.05) is 0 Å². The standard InChI is InChI=1S/C9H7F2N3O/c10-6-1-2-8(7(11)3-6)14-5-12-13-9(14)4-15/h1-3,5,15H,4H2. The van der Waals surface area contributed by atoms with E-state index in [4.69, 9.17) is 5.11 Å². The van der Waals surface area contributed by atoms with Crippen LogP contribution in [0.1, 0.15) is 5.82 Å². The molecule has 0 radical (unpaired) electrons. The number of benzene rings is 1. The van der Waals surface area contributed by atoms with Crippen LogP contribution < -0.4 is 0 Å². The smallest absolute Gasteiger partial charge is 0.163 e. The minimum atomic E-state index is -0.732. The maximum atomic E-state index is 13.3. The van der Waals surface area contributed by atoms with E-state index in [0.717, 1.165) is 12.1 Å². The third-order valence-electron chi connectivity index (χ3n) is 1.93. The van der Waals surface area contributed by atoms with Crippen molar-refractivity contribution in [3.8, 4) is 5.69 Å². The van der Waals surface area contributed by atoms with Crippen molar-refractivity contribution in [3.63, 3.8) is 0 Å². The quantitative estimate of drug-likeness (QED) is 0.807. The van der Waals surface area contributed by atoms with Crippen LogP contribution in [0.3, 0.4) is 0 Å². The van der Waals surface area contributed by atoms with Gasteiger partial charge < -0.3 is 5.11 Å². The summed E-state index contributed by atoms with van der Waals surface area (Å²) in [6.45, 7) is -0.364. The molecule has 0 spiro atoms. The van der Waals surface area contributed by atoms with Crippen LogP contribution in [-0.4, -0.2) is 19.9 Å². The molecule has 1 heterocycles. The Hall–Kier alpha value is -1.82. The monoisotopic (exact) mass is 211 g/mol. The summed E-state index contributed by atoms with van der Waals surface area (Å²) in [7, 11) is 0. The molecular formula is C9H7F2N3O. The lowest BCUT2D eigenvalue weighted by atomic mass is 10.3. The van der Waals surface area contributed by atoms with Gasteiger partial charge in [0.1, 0.15) is 24.6 Å². The lowest BCUT2D eigenvalue weighted by molar-refractivity contribution is 0.268. The minimum absolute atomic E-state index is 0.102. The molecule has 0 fully saturated rings. The summed E-state index contributed by atoms with van der Waals surface area (Å²) in [5, 5.41) is 16.0. The molecule has 0 unspecified atom stereocenters. The van der Waals surface area contributed by atoms with Gasteiger partial charge in [0.05, 0.1) is 5.69 Å². The molecule has 0 aliphatic heterocycles. The third kappa shape index (κ3) is 1.71. The van der Waals surface area contributed by atoms with E-state index in [1.165, 1.54) is 17.0 Å². The first kappa shape index (κ1) is 9.72. The summed E-state index contributed by atoms with van der Waals surface area (Å²) < 4.78 is 27.2. The maximum Gasteiger partial charge on any atom is 0.163 e. The molecule has 4 nitrogen and oxygen atoms in total. The van der Waals surface area contributed by atoms with Crippen LogP contribution in [0.2, 0.25) is 0 Å². The van der Waals surface area contributed by atoms with Gasteiger partial charge in [-0.2, -0.15) is 0 Å². The highest BCUT2D eigenvalue weighted by molar-refractivity contribution is 5.34. The molecule has 6 heteroatoms. The van der Waals surface area contributed by atoms with Crippen LogP contribution in [0.25, 0.3) is 5.69 Å². The number of aromatic nitrogens is 3. The van der Waals surface area contributed by atoms with Gasteiger partial charge in [0.2, 0.25) is 0 Å². The van der Waals surface area contributed by atoms with Crippen LogP contribution in [0, 0.1) is 11.6 Å². The molecule has 1 aromatic heterocycles. The number of hydrogen-bond acceptors (Lipinski definition) is 3. The molecule has 1 aromatic carbocycles. The zero-order valence-corrected chi connectivity index (χ0v) is 7.56. The molecular weight excluding hydrogens is 204 g/mol. The predicted octanol–water partition coefficient (Wildman–Crippen LogP) is 1.04. The third-order valence-corrected chi connectivity index (χ3v) is 1.93. The molecule has 0 saturated heterocycles. The van der Waals surface area contributed by atoms with Gasteiger partial charge in [0, 0.05) is 6.07 Å². The van der Waals surface area contributed by atoms with E-state index < -0.39 is 11.6 Å². The van der Waals surface area contributed by atoms with Crippen LogP contribution >= 0.6 is 0 Å². The second kappa shape index (κ2) is 3.74. The van der Waals surface area contributed by atoms with E-state index in [9.17, 15) is 8.78 Å². The molecule has 0 bridgehead atoms. The fraction of sp³-hybridized carbons (Fsp3) is 0.111. The van der Waals surface area contributed by atoms with Gasteiger partial charge in [-0.3, -0.25) is 4.57 Å². The Kier molecular flexibility index (Phi) is 2.42. The molecule has 0 amide bonds. The van der Waals surface area contributed by atoms with Gasteiger partial charge in [0.25, 0.3) is 0 Å². The van der Waals surface area contributed by atoms with Crippen molar-refractivity contribution in [2.24, 2.45) is 0 Å². The van der Waals surface area contributed by atoms with Crippen molar-refractivity contribution in [1.82, 2.24) is 14.8 Å². The molecule has 78 valence electrons. The lowest BCUT2D eigenvalue weighted by Gasteiger charge is -2.05. The fourth-order valence-electron chi connectivity index (χ4n) is 1.24. The van der Waals surface area contributed by atoms with Gasteiger partial charge in [-0.1, -0.05) is 0 Å². The zero-order valence-electron chi connectivity index (χ0n) is 7.56. The number of aliphatic hydroxyl groups is 1. The van der Waals surface area contributed by atoms with Crippen molar-refractivity contribution < 1.29 is 13.9 Å². The molecule has 2 rings (SSSR count).